The zero-order chi connectivity index (χ0) is 17.1. The van der Waals surface area contributed by atoms with Crippen molar-refractivity contribution in [3.8, 4) is 0 Å². The van der Waals surface area contributed by atoms with Gasteiger partial charge in [-0.15, -0.1) is 0 Å². The van der Waals surface area contributed by atoms with Crippen LogP contribution in [0.4, 0.5) is 13.2 Å². The number of carbonyl (C=O) groups is 3. The van der Waals surface area contributed by atoms with E-state index in [4.69, 9.17) is 9.47 Å². The Labute approximate surface area is 128 Å². The summed E-state index contributed by atoms with van der Waals surface area (Å²) in [6, 6.07) is 0. The summed E-state index contributed by atoms with van der Waals surface area (Å²) in [5.74, 6) is -5.39. The van der Waals surface area contributed by atoms with E-state index in [0.717, 1.165) is 7.11 Å². The van der Waals surface area contributed by atoms with Gasteiger partial charge in [0.2, 0.25) is 0 Å². The quantitative estimate of drug-likeness (QED) is 0.435. The third-order valence-corrected chi connectivity index (χ3v) is 4.85. The number of hydrogen-bond acceptors (Lipinski definition) is 6. The van der Waals surface area contributed by atoms with Crippen LogP contribution in [0.15, 0.2) is 12.2 Å². The van der Waals surface area contributed by atoms with Crippen molar-refractivity contribution < 1.29 is 41.8 Å². The molecule has 2 aliphatic carbocycles. The number of rotatable bonds is 3. The second-order valence-electron chi connectivity index (χ2n) is 5.89. The molecule has 126 valence electrons. The molecule has 23 heavy (non-hydrogen) atoms. The number of esters is 3. The van der Waals surface area contributed by atoms with Crippen LogP contribution in [0.5, 0.6) is 0 Å². The molecule has 2 saturated carbocycles. The van der Waals surface area contributed by atoms with Gasteiger partial charge in [0.05, 0.1) is 18.9 Å². The molecular weight excluding hydrogens is 321 g/mol. The number of fused-ring (bicyclic) bond motifs is 1. The van der Waals surface area contributed by atoms with Crippen LogP contribution in [-0.4, -0.2) is 43.4 Å². The van der Waals surface area contributed by atoms with Crippen LogP contribution in [0.3, 0.4) is 0 Å². The molecule has 0 aromatic heterocycles. The maximum absolute atomic E-state index is 12.5. The molecule has 1 aliphatic heterocycles. The lowest BCUT2D eigenvalue weighted by Gasteiger charge is -2.30. The molecule has 1 heterocycles. The molecule has 0 spiro atoms. The SMILES string of the molecule is C=C(C(=O)OC1C2CC3C1OC(=O)C3C2C(=O)OC)C(F)(F)F. The molecule has 2 bridgehead atoms. The highest BCUT2D eigenvalue weighted by Crippen LogP contribution is 2.59. The lowest BCUT2D eigenvalue weighted by Crippen LogP contribution is -2.44. The van der Waals surface area contributed by atoms with E-state index in [1.54, 1.807) is 0 Å². The fourth-order valence-corrected chi connectivity index (χ4v) is 3.92. The summed E-state index contributed by atoms with van der Waals surface area (Å²) in [6.45, 7) is 2.68. The van der Waals surface area contributed by atoms with Gasteiger partial charge < -0.3 is 14.2 Å². The number of hydrogen-bond donors (Lipinski definition) is 0. The van der Waals surface area contributed by atoms with Crippen LogP contribution in [0.25, 0.3) is 0 Å². The first kappa shape index (κ1) is 15.8. The predicted molar refractivity (Wildman–Crippen MR) is 65.5 cm³/mol. The molecule has 0 aromatic carbocycles. The molecule has 9 heteroatoms. The van der Waals surface area contributed by atoms with Crippen LogP contribution in [0.2, 0.25) is 0 Å². The number of halogens is 3. The van der Waals surface area contributed by atoms with Crippen molar-refractivity contribution in [2.24, 2.45) is 23.7 Å². The van der Waals surface area contributed by atoms with E-state index in [0.29, 0.717) is 6.42 Å². The van der Waals surface area contributed by atoms with E-state index >= 15 is 0 Å². The van der Waals surface area contributed by atoms with Gasteiger partial charge in [0.1, 0.15) is 17.8 Å². The summed E-state index contributed by atoms with van der Waals surface area (Å²) in [5.41, 5.74) is -1.64. The van der Waals surface area contributed by atoms with E-state index in [1.807, 2.05) is 0 Å². The van der Waals surface area contributed by atoms with Crippen LogP contribution in [-0.2, 0) is 28.6 Å². The summed E-state index contributed by atoms with van der Waals surface area (Å²) < 4.78 is 52.2. The van der Waals surface area contributed by atoms with Crippen molar-refractivity contribution in [2.75, 3.05) is 7.11 Å². The summed E-state index contributed by atoms with van der Waals surface area (Å²) in [4.78, 5) is 35.4. The highest BCUT2D eigenvalue weighted by Gasteiger charge is 2.70. The van der Waals surface area contributed by atoms with Crippen LogP contribution < -0.4 is 0 Å². The first-order chi connectivity index (χ1) is 10.7. The van der Waals surface area contributed by atoms with Gasteiger partial charge in [-0.3, -0.25) is 9.59 Å². The Hall–Kier alpha value is -2.06. The molecule has 6 unspecified atom stereocenters. The molecule has 0 radical (unpaired) electrons. The first-order valence-corrected chi connectivity index (χ1v) is 6.92. The summed E-state index contributed by atoms with van der Waals surface area (Å²) in [5, 5.41) is 0. The average molecular weight is 334 g/mol. The van der Waals surface area contributed by atoms with Crippen molar-refractivity contribution in [2.45, 2.75) is 24.8 Å². The highest BCUT2D eigenvalue weighted by atomic mass is 19.4. The van der Waals surface area contributed by atoms with Crippen molar-refractivity contribution in [3.63, 3.8) is 0 Å². The molecule has 0 amide bonds. The van der Waals surface area contributed by atoms with Crippen molar-refractivity contribution in [1.82, 2.24) is 0 Å². The Balaban J connectivity index is 1.82. The maximum Gasteiger partial charge on any atom is 0.422 e. The Morgan fingerprint density at radius 2 is 1.96 bits per heavy atom. The first-order valence-electron chi connectivity index (χ1n) is 6.92. The van der Waals surface area contributed by atoms with Crippen molar-refractivity contribution >= 4 is 17.9 Å². The normalized spacial score (nSPS) is 37.5. The fourth-order valence-electron chi connectivity index (χ4n) is 3.92. The molecule has 3 aliphatic rings. The molecule has 0 aromatic rings. The lowest BCUT2D eigenvalue weighted by atomic mass is 9.78. The van der Waals surface area contributed by atoms with Crippen molar-refractivity contribution in [1.29, 1.82) is 0 Å². The Kier molecular flexibility index (Phi) is 3.42. The molecule has 3 fully saturated rings. The van der Waals surface area contributed by atoms with Gasteiger partial charge in [-0.05, 0) is 6.42 Å². The number of methoxy groups -OCH3 is 1. The minimum Gasteiger partial charge on any atom is -0.469 e. The van der Waals surface area contributed by atoms with Gasteiger partial charge in [-0.2, -0.15) is 13.2 Å². The van der Waals surface area contributed by atoms with Crippen LogP contribution >= 0.6 is 0 Å². The van der Waals surface area contributed by atoms with Crippen LogP contribution in [0, 0.1) is 23.7 Å². The van der Waals surface area contributed by atoms with Gasteiger partial charge in [-0.25, -0.2) is 4.79 Å². The Bertz CT molecular complexity index is 598. The third-order valence-electron chi connectivity index (χ3n) is 4.85. The number of alkyl halides is 3. The fraction of sp³-hybridized carbons (Fsp3) is 0.643. The van der Waals surface area contributed by atoms with E-state index in [9.17, 15) is 27.6 Å². The Morgan fingerprint density at radius 1 is 1.30 bits per heavy atom. The third kappa shape index (κ3) is 2.21. The van der Waals surface area contributed by atoms with Gasteiger partial charge in [0.15, 0.2) is 0 Å². The lowest BCUT2D eigenvalue weighted by molar-refractivity contribution is -0.168. The van der Waals surface area contributed by atoms with Gasteiger partial charge >= 0.3 is 24.1 Å². The summed E-state index contributed by atoms with van der Waals surface area (Å²) >= 11 is 0. The minimum atomic E-state index is -4.91. The molecule has 1 saturated heterocycles. The predicted octanol–water partition coefficient (Wildman–Crippen LogP) is 0.997. The average Bonchev–Trinajstić information content (AvgIpc) is 3.07. The number of ether oxygens (including phenoxy) is 3. The molecule has 6 atom stereocenters. The second-order valence-corrected chi connectivity index (χ2v) is 5.89. The van der Waals surface area contributed by atoms with E-state index < -0.39 is 59.6 Å². The van der Waals surface area contributed by atoms with E-state index in [1.165, 1.54) is 0 Å². The van der Waals surface area contributed by atoms with E-state index in [2.05, 4.69) is 11.3 Å². The van der Waals surface area contributed by atoms with Crippen molar-refractivity contribution in [3.05, 3.63) is 12.2 Å². The molecule has 3 rings (SSSR count). The van der Waals surface area contributed by atoms with Gasteiger partial charge in [-0.1, -0.05) is 6.58 Å². The maximum atomic E-state index is 12.5. The summed E-state index contributed by atoms with van der Waals surface area (Å²) in [6.07, 6.45) is -6.47. The Morgan fingerprint density at radius 3 is 2.52 bits per heavy atom. The van der Waals surface area contributed by atoms with Crippen LogP contribution in [0.1, 0.15) is 6.42 Å². The number of carbonyl (C=O) groups excluding carboxylic acids is 3. The minimum absolute atomic E-state index is 0.353. The largest absolute Gasteiger partial charge is 0.469 e. The highest BCUT2D eigenvalue weighted by molar-refractivity contribution is 5.90. The smallest absolute Gasteiger partial charge is 0.422 e. The van der Waals surface area contributed by atoms with Gasteiger partial charge in [0, 0.05) is 11.8 Å². The molecule has 6 nitrogen and oxygen atoms in total. The molecular formula is C14H13F3O6. The molecule has 0 N–H and O–H groups in total. The topological polar surface area (TPSA) is 78.9 Å². The monoisotopic (exact) mass is 334 g/mol. The van der Waals surface area contributed by atoms with Gasteiger partial charge in [0.25, 0.3) is 0 Å². The second kappa shape index (κ2) is 4.97. The summed E-state index contributed by atoms with van der Waals surface area (Å²) in [7, 11) is 1.15. The zero-order valence-electron chi connectivity index (χ0n) is 12.0. The standard InChI is InChI=1S/C14H13F3O6/c1-4(14(15,16)17)11(18)22-9-5-3-6-8(7(5)12(19)21-2)13(20)23-10(6)9/h5-10H,1,3H2,2H3. The zero-order valence-corrected chi connectivity index (χ0v) is 12.0. The van der Waals surface area contributed by atoms with E-state index in [-0.39, 0.29) is 5.92 Å².